The molecule has 0 radical (unpaired) electrons. The minimum absolute atomic E-state index is 0.00917. The van der Waals surface area contributed by atoms with Crippen molar-refractivity contribution < 1.29 is 19.0 Å². The molecule has 3 rings (SSSR count). The molecule has 0 atom stereocenters. The number of esters is 1. The summed E-state index contributed by atoms with van der Waals surface area (Å²) in [5.74, 6) is 0.853. The maximum absolute atomic E-state index is 12.3. The van der Waals surface area contributed by atoms with E-state index >= 15 is 0 Å². The molecule has 1 aliphatic heterocycles. The number of halogens is 3. The summed E-state index contributed by atoms with van der Waals surface area (Å²) in [6, 6.07) is 9.08. The van der Waals surface area contributed by atoms with Crippen LogP contribution in [0.3, 0.4) is 0 Å². The highest BCUT2D eigenvalue weighted by Crippen LogP contribution is 2.38. The Kier molecular flexibility index (Phi) is 7.23. The first kappa shape index (κ1) is 22.1. The van der Waals surface area contributed by atoms with E-state index in [-0.39, 0.29) is 17.7 Å². The van der Waals surface area contributed by atoms with Gasteiger partial charge in [-0.25, -0.2) is 9.79 Å². The highest BCUT2D eigenvalue weighted by atomic mass is 127. The van der Waals surface area contributed by atoms with Crippen LogP contribution in [0.5, 0.6) is 11.5 Å². The van der Waals surface area contributed by atoms with E-state index in [0.29, 0.717) is 28.7 Å². The van der Waals surface area contributed by atoms with Crippen molar-refractivity contribution in [2.45, 2.75) is 26.9 Å². The average Bonchev–Trinajstić information content (AvgIpc) is 3.00. The van der Waals surface area contributed by atoms with Crippen molar-refractivity contribution in [1.29, 1.82) is 0 Å². The van der Waals surface area contributed by atoms with Crippen LogP contribution in [0, 0.1) is 3.57 Å². The Bertz CT molecular complexity index is 1020. The summed E-state index contributed by atoms with van der Waals surface area (Å²) in [6.45, 7) is 6.27. The zero-order valence-corrected chi connectivity index (χ0v) is 20.5. The molecule has 0 amide bonds. The summed E-state index contributed by atoms with van der Waals surface area (Å²) in [6.07, 6.45) is 1.63. The fourth-order valence-electron chi connectivity index (χ4n) is 2.63. The van der Waals surface area contributed by atoms with Gasteiger partial charge in [-0.15, -0.1) is 0 Å². The zero-order chi connectivity index (χ0) is 21.1. The molecule has 0 N–H and O–H groups in total. The molecule has 0 spiro atoms. The Hall–Kier alpha value is -1.58. The number of carbonyl (C=O) groups is 1. The van der Waals surface area contributed by atoms with Crippen LogP contribution < -0.4 is 9.47 Å². The lowest BCUT2D eigenvalue weighted by molar-refractivity contribution is -0.129. The third kappa shape index (κ3) is 5.32. The number of rotatable bonds is 6. The molecule has 1 aliphatic rings. The second-order valence-electron chi connectivity index (χ2n) is 6.39. The van der Waals surface area contributed by atoms with Gasteiger partial charge in [-0.05, 0) is 101 Å². The van der Waals surface area contributed by atoms with E-state index in [2.05, 4.69) is 43.5 Å². The quantitative estimate of drug-likeness (QED) is 0.227. The van der Waals surface area contributed by atoms with Crippen LogP contribution >= 0.6 is 50.1 Å². The maximum atomic E-state index is 12.3. The number of cyclic esters (lactones) is 1. The van der Waals surface area contributed by atoms with Crippen molar-refractivity contribution in [3.63, 3.8) is 0 Å². The lowest BCUT2D eigenvalue weighted by Gasteiger charge is -2.16. The maximum Gasteiger partial charge on any atom is 0.363 e. The number of ether oxygens (including phenoxy) is 3. The molecule has 152 valence electrons. The number of hydrogen-bond donors (Lipinski definition) is 0. The molecule has 1 heterocycles. The minimum atomic E-state index is -0.536. The fourth-order valence-corrected chi connectivity index (χ4v) is 3.87. The summed E-state index contributed by atoms with van der Waals surface area (Å²) in [5, 5.41) is 0.467. The lowest BCUT2D eigenvalue weighted by atomic mass is 10.1. The van der Waals surface area contributed by atoms with Gasteiger partial charge in [0.1, 0.15) is 0 Å². The third-order valence-electron chi connectivity index (χ3n) is 3.77. The summed E-state index contributed by atoms with van der Waals surface area (Å²) in [5.41, 5.74) is 1.48. The van der Waals surface area contributed by atoms with E-state index in [9.17, 15) is 4.79 Å². The van der Waals surface area contributed by atoms with Gasteiger partial charge in [0, 0.05) is 3.57 Å². The summed E-state index contributed by atoms with van der Waals surface area (Å²) < 4.78 is 18.6. The number of benzene rings is 2. The normalized spacial score (nSPS) is 14.9. The number of hydrogen-bond acceptors (Lipinski definition) is 5. The molecule has 2 aromatic rings. The van der Waals surface area contributed by atoms with Crippen LogP contribution in [-0.2, 0) is 9.53 Å². The first-order valence-electron chi connectivity index (χ1n) is 8.89. The molecule has 0 unspecified atom stereocenters. The molecule has 0 saturated heterocycles. The van der Waals surface area contributed by atoms with Gasteiger partial charge in [-0.2, -0.15) is 0 Å². The Morgan fingerprint density at radius 2 is 2.07 bits per heavy atom. The van der Waals surface area contributed by atoms with Gasteiger partial charge in [0.05, 0.1) is 27.8 Å². The number of nitrogens with zero attached hydrogens (tertiary/aromatic N) is 1. The van der Waals surface area contributed by atoms with Crippen LogP contribution in [0.2, 0.25) is 5.02 Å². The first-order chi connectivity index (χ1) is 13.8. The predicted octanol–water partition coefficient (Wildman–Crippen LogP) is 6.24. The first-order valence-corrected chi connectivity index (χ1v) is 11.1. The summed E-state index contributed by atoms with van der Waals surface area (Å²) in [4.78, 5) is 16.7. The van der Waals surface area contributed by atoms with Crippen LogP contribution in [0.25, 0.3) is 6.08 Å². The van der Waals surface area contributed by atoms with Crippen LogP contribution in [0.1, 0.15) is 31.9 Å². The van der Waals surface area contributed by atoms with Crippen molar-refractivity contribution in [2.24, 2.45) is 4.99 Å². The van der Waals surface area contributed by atoms with Crippen molar-refractivity contribution in [1.82, 2.24) is 0 Å². The molecular formula is C21H18BrClINO4. The average molecular weight is 591 g/mol. The van der Waals surface area contributed by atoms with Crippen molar-refractivity contribution in [3.05, 3.63) is 60.2 Å². The molecule has 0 saturated carbocycles. The van der Waals surface area contributed by atoms with E-state index in [1.807, 2.05) is 39.0 Å². The summed E-state index contributed by atoms with van der Waals surface area (Å²) >= 11 is 11.9. The van der Waals surface area contributed by atoms with Crippen LogP contribution in [0.15, 0.2) is 45.5 Å². The van der Waals surface area contributed by atoms with Crippen molar-refractivity contribution in [3.8, 4) is 11.5 Å². The van der Waals surface area contributed by atoms with E-state index < -0.39 is 5.97 Å². The molecule has 0 fully saturated rings. The molecule has 0 aliphatic carbocycles. The van der Waals surface area contributed by atoms with Gasteiger partial charge in [0.2, 0.25) is 5.90 Å². The highest BCUT2D eigenvalue weighted by molar-refractivity contribution is 14.1. The lowest BCUT2D eigenvalue weighted by Crippen LogP contribution is -2.08. The fraction of sp³-hybridized carbons (Fsp3) is 0.238. The highest BCUT2D eigenvalue weighted by Gasteiger charge is 2.26. The number of aliphatic imine (C=N–C) groups is 1. The SMILES string of the molecule is CCOc1cc(/C=C2\N=C(c3cc(I)ccc3Cl)OC2=O)cc(Br)c1OC(C)C. The molecule has 8 heteroatoms. The largest absolute Gasteiger partial charge is 0.490 e. The van der Waals surface area contributed by atoms with Crippen LogP contribution in [-0.4, -0.2) is 24.6 Å². The number of carbonyl (C=O) groups excluding carboxylic acids is 1. The molecule has 29 heavy (non-hydrogen) atoms. The predicted molar refractivity (Wildman–Crippen MR) is 126 cm³/mol. The molecule has 0 bridgehead atoms. The van der Waals surface area contributed by atoms with Gasteiger partial charge >= 0.3 is 5.97 Å². The molecule has 0 aromatic heterocycles. The Balaban J connectivity index is 1.99. The van der Waals surface area contributed by atoms with E-state index in [1.165, 1.54) is 0 Å². The van der Waals surface area contributed by atoms with Gasteiger partial charge in [-0.3, -0.25) is 0 Å². The summed E-state index contributed by atoms with van der Waals surface area (Å²) in [7, 11) is 0. The monoisotopic (exact) mass is 589 g/mol. The van der Waals surface area contributed by atoms with Gasteiger partial charge in [0.25, 0.3) is 0 Å². The second-order valence-corrected chi connectivity index (χ2v) is 8.90. The van der Waals surface area contributed by atoms with Crippen LogP contribution in [0.4, 0.5) is 0 Å². The molecule has 2 aromatic carbocycles. The molecular weight excluding hydrogens is 572 g/mol. The van der Waals surface area contributed by atoms with Crippen molar-refractivity contribution >= 4 is 68.1 Å². The van der Waals surface area contributed by atoms with Gasteiger partial charge < -0.3 is 14.2 Å². The second kappa shape index (κ2) is 9.49. The Morgan fingerprint density at radius 1 is 1.31 bits per heavy atom. The Labute approximate surface area is 196 Å². The molecule has 5 nitrogen and oxygen atoms in total. The third-order valence-corrected chi connectivity index (χ3v) is 5.36. The smallest absolute Gasteiger partial charge is 0.363 e. The van der Waals surface area contributed by atoms with E-state index in [1.54, 1.807) is 18.2 Å². The standard InChI is InChI=1S/C21H18BrClINO4/c1-4-27-18-9-12(7-15(22)19(18)28-11(2)3)8-17-21(26)29-20(25-17)14-10-13(24)5-6-16(14)23/h5-11H,4H2,1-3H3/b17-8-. The zero-order valence-electron chi connectivity index (χ0n) is 16.0. The van der Waals surface area contributed by atoms with Gasteiger partial charge in [0.15, 0.2) is 17.2 Å². The van der Waals surface area contributed by atoms with E-state index in [4.69, 9.17) is 25.8 Å². The van der Waals surface area contributed by atoms with Crippen molar-refractivity contribution in [2.75, 3.05) is 6.61 Å². The topological polar surface area (TPSA) is 57.1 Å². The van der Waals surface area contributed by atoms with Gasteiger partial charge in [-0.1, -0.05) is 11.6 Å². The minimum Gasteiger partial charge on any atom is -0.490 e. The Morgan fingerprint density at radius 3 is 2.76 bits per heavy atom. The van der Waals surface area contributed by atoms with E-state index in [0.717, 1.165) is 13.6 Å².